The number of benzene rings is 1. The monoisotopic (exact) mass is 476 g/mol. The molecular formula is C27H32N4O4. The van der Waals surface area contributed by atoms with Crippen molar-refractivity contribution < 1.29 is 19.4 Å². The number of fused-ring (bicyclic) bond motifs is 1. The van der Waals surface area contributed by atoms with Gasteiger partial charge in [-0.1, -0.05) is 18.2 Å². The van der Waals surface area contributed by atoms with E-state index in [1.807, 2.05) is 69.2 Å². The third kappa shape index (κ3) is 4.53. The Hall–Kier alpha value is -3.65. The third-order valence-corrected chi connectivity index (χ3v) is 6.29. The van der Waals surface area contributed by atoms with Gasteiger partial charge < -0.3 is 19.6 Å². The molecule has 0 bridgehead atoms. The van der Waals surface area contributed by atoms with E-state index in [9.17, 15) is 14.7 Å². The summed E-state index contributed by atoms with van der Waals surface area (Å²) in [4.78, 5) is 34.7. The molecule has 1 saturated heterocycles. The molecule has 1 atom stereocenters. The summed E-state index contributed by atoms with van der Waals surface area (Å²) < 4.78 is 7.34. The van der Waals surface area contributed by atoms with Crippen LogP contribution >= 0.6 is 0 Å². The zero-order chi connectivity index (χ0) is 25.3. The molecule has 35 heavy (non-hydrogen) atoms. The predicted molar refractivity (Wildman–Crippen MR) is 134 cm³/mol. The second-order valence-electron chi connectivity index (χ2n) is 9.08. The number of pyridine rings is 1. The zero-order valence-corrected chi connectivity index (χ0v) is 20.9. The first-order valence-electron chi connectivity index (χ1n) is 11.8. The second kappa shape index (κ2) is 9.92. The van der Waals surface area contributed by atoms with E-state index < -0.39 is 17.7 Å². The van der Waals surface area contributed by atoms with Gasteiger partial charge in [0.15, 0.2) is 5.76 Å². The van der Waals surface area contributed by atoms with Crippen LogP contribution in [0.4, 0.5) is 0 Å². The third-order valence-electron chi connectivity index (χ3n) is 6.29. The molecule has 1 aromatic carbocycles. The lowest BCUT2D eigenvalue weighted by molar-refractivity contribution is -0.139. The van der Waals surface area contributed by atoms with Gasteiger partial charge in [-0.2, -0.15) is 0 Å². The number of hydrogen-bond donors (Lipinski definition) is 1. The Kier molecular flexibility index (Phi) is 6.93. The maximum Gasteiger partial charge on any atom is 0.295 e. The van der Waals surface area contributed by atoms with Crippen LogP contribution in [0.15, 0.2) is 48.2 Å². The maximum atomic E-state index is 13.3. The number of hydrogen-bond acceptors (Lipinski definition) is 6. The van der Waals surface area contributed by atoms with E-state index in [2.05, 4.69) is 4.98 Å². The molecule has 184 valence electrons. The average molecular weight is 477 g/mol. The lowest BCUT2D eigenvalue weighted by Crippen LogP contribution is -2.32. The van der Waals surface area contributed by atoms with Gasteiger partial charge >= 0.3 is 0 Å². The molecule has 1 aliphatic heterocycles. The van der Waals surface area contributed by atoms with Crippen molar-refractivity contribution in [3.8, 4) is 5.75 Å². The molecule has 0 aliphatic carbocycles. The van der Waals surface area contributed by atoms with Crippen LogP contribution in [0, 0.1) is 13.8 Å². The summed E-state index contributed by atoms with van der Waals surface area (Å²) in [5, 5.41) is 11.6. The maximum absolute atomic E-state index is 13.3. The highest BCUT2D eigenvalue weighted by Gasteiger charge is 2.46. The summed E-state index contributed by atoms with van der Waals surface area (Å²) in [5.74, 6) is -0.804. The molecule has 1 fully saturated rings. The Morgan fingerprint density at radius 2 is 1.86 bits per heavy atom. The number of likely N-dealkylation sites (tertiary alicyclic amines) is 1. The van der Waals surface area contributed by atoms with Crippen molar-refractivity contribution in [2.24, 2.45) is 0 Å². The fraction of sp³-hybridized carbons (Fsp3) is 0.370. The van der Waals surface area contributed by atoms with Crippen molar-refractivity contribution in [2.75, 3.05) is 33.8 Å². The first kappa shape index (κ1) is 24.5. The molecule has 1 N–H and O–H groups in total. The molecule has 0 spiro atoms. The molecule has 8 nitrogen and oxygen atoms in total. The summed E-state index contributed by atoms with van der Waals surface area (Å²) in [5.41, 5.74) is 3.47. The molecule has 3 heterocycles. The Balaban J connectivity index is 1.87. The molecule has 1 amide bonds. The predicted octanol–water partition coefficient (Wildman–Crippen LogP) is 3.72. The van der Waals surface area contributed by atoms with E-state index in [1.54, 1.807) is 22.4 Å². The van der Waals surface area contributed by atoms with Gasteiger partial charge in [-0.25, -0.2) is 4.98 Å². The van der Waals surface area contributed by atoms with E-state index in [-0.39, 0.29) is 11.3 Å². The van der Waals surface area contributed by atoms with E-state index >= 15 is 0 Å². The van der Waals surface area contributed by atoms with Gasteiger partial charge in [0.25, 0.3) is 11.7 Å². The van der Waals surface area contributed by atoms with Crippen LogP contribution < -0.4 is 4.74 Å². The molecule has 2 aromatic heterocycles. The summed E-state index contributed by atoms with van der Waals surface area (Å²) in [6.45, 7) is 7.34. The standard InChI is InChI=1S/C27H32N4O4/c1-6-35-20-12-10-19(11-13-20)23-21(25(33)27(34)31(23)16-8-14-29(4)5)24(32)22-18(3)28-26-17(2)9-7-15-30(22)26/h7,9-13,15,23,32H,6,8,14,16H2,1-5H3/b24-21+/t23-/m0/s1. The van der Waals surface area contributed by atoms with Crippen LogP contribution in [-0.4, -0.2) is 69.8 Å². The minimum absolute atomic E-state index is 0.0791. The number of nitrogens with zero attached hydrogens (tertiary/aromatic N) is 4. The van der Waals surface area contributed by atoms with Crippen LogP contribution in [0.5, 0.6) is 5.75 Å². The van der Waals surface area contributed by atoms with Crippen LogP contribution in [0.1, 0.15) is 41.9 Å². The normalized spacial score (nSPS) is 17.7. The van der Waals surface area contributed by atoms with Crippen molar-refractivity contribution in [3.05, 3.63) is 70.7 Å². The lowest BCUT2D eigenvalue weighted by atomic mass is 9.96. The van der Waals surface area contributed by atoms with Crippen molar-refractivity contribution in [1.82, 2.24) is 19.2 Å². The van der Waals surface area contributed by atoms with E-state index in [0.29, 0.717) is 42.4 Å². The SMILES string of the molecule is CCOc1ccc([C@H]2/C(=C(\O)c3c(C)nc4c(C)cccn34)C(=O)C(=O)N2CCCN(C)C)cc1. The minimum Gasteiger partial charge on any atom is -0.505 e. The highest BCUT2D eigenvalue weighted by molar-refractivity contribution is 6.46. The number of aliphatic hydroxyl groups is 1. The van der Waals surface area contributed by atoms with Gasteiger partial charge in [0.2, 0.25) is 0 Å². The molecule has 4 rings (SSSR count). The van der Waals surface area contributed by atoms with Crippen molar-refractivity contribution in [2.45, 2.75) is 33.2 Å². The molecule has 0 unspecified atom stereocenters. The Morgan fingerprint density at radius 1 is 1.14 bits per heavy atom. The fourth-order valence-corrected chi connectivity index (χ4v) is 4.66. The number of ketones is 1. The molecule has 0 saturated carbocycles. The topological polar surface area (TPSA) is 87.4 Å². The van der Waals surface area contributed by atoms with Crippen LogP contribution in [0.3, 0.4) is 0 Å². The largest absolute Gasteiger partial charge is 0.505 e. The number of carbonyl (C=O) groups is 2. The second-order valence-corrected chi connectivity index (χ2v) is 9.08. The highest BCUT2D eigenvalue weighted by atomic mass is 16.5. The molecule has 0 radical (unpaired) electrons. The average Bonchev–Trinajstić information content (AvgIpc) is 3.29. The highest BCUT2D eigenvalue weighted by Crippen LogP contribution is 2.40. The summed E-state index contributed by atoms with van der Waals surface area (Å²) in [7, 11) is 3.93. The lowest BCUT2D eigenvalue weighted by Gasteiger charge is -2.26. The quantitative estimate of drug-likeness (QED) is 0.303. The number of aromatic nitrogens is 2. The van der Waals surface area contributed by atoms with Crippen molar-refractivity contribution in [3.63, 3.8) is 0 Å². The molecule has 1 aliphatic rings. The van der Waals surface area contributed by atoms with E-state index in [4.69, 9.17) is 4.74 Å². The number of ether oxygens (including phenoxy) is 1. The van der Waals surface area contributed by atoms with Gasteiger partial charge in [-0.15, -0.1) is 0 Å². The summed E-state index contributed by atoms with van der Waals surface area (Å²) >= 11 is 0. The Labute approximate surface area is 205 Å². The fourth-order valence-electron chi connectivity index (χ4n) is 4.66. The number of imidazole rings is 1. The van der Waals surface area contributed by atoms with Gasteiger partial charge in [0.05, 0.1) is 23.9 Å². The number of Topliss-reactive ketones (excluding diaryl/α,β-unsaturated/α-hetero) is 1. The number of aryl methyl sites for hydroxylation is 2. The number of aliphatic hydroxyl groups excluding tert-OH is 1. The summed E-state index contributed by atoms with van der Waals surface area (Å²) in [6, 6.07) is 10.4. The van der Waals surface area contributed by atoms with Crippen molar-refractivity contribution in [1.29, 1.82) is 0 Å². The molecule has 8 heteroatoms. The Morgan fingerprint density at radius 3 is 2.51 bits per heavy atom. The number of carbonyl (C=O) groups excluding carboxylic acids is 2. The van der Waals surface area contributed by atoms with E-state index in [0.717, 1.165) is 17.7 Å². The van der Waals surface area contributed by atoms with Gasteiger partial charge in [-0.3, -0.25) is 14.0 Å². The molecule has 3 aromatic rings. The molecular weight excluding hydrogens is 444 g/mol. The number of amides is 1. The van der Waals surface area contributed by atoms with Gasteiger partial charge in [0, 0.05) is 12.7 Å². The number of rotatable bonds is 8. The smallest absolute Gasteiger partial charge is 0.295 e. The van der Waals surface area contributed by atoms with Gasteiger partial charge in [-0.05, 0) is 77.2 Å². The Bertz CT molecular complexity index is 1290. The van der Waals surface area contributed by atoms with Crippen molar-refractivity contribution >= 4 is 23.1 Å². The zero-order valence-electron chi connectivity index (χ0n) is 20.9. The van der Waals surface area contributed by atoms with Crippen LogP contribution in [-0.2, 0) is 9.59 Å². The van der Waals surface area contributed by atoms with Gasteiger partial charge in [0.1, 0.15) is 17.1 Å². The first-order chi connectivity index (χ1) is 16.7. The first-order valence-corrected chi connectivity index (χ1v) is 11.8. The van der Waals surface area contributed by atoms with E-state index in [1.165, 1.54) is 0 Å². The van der Waals surface area contributed by atoms with Crippen LogP contribution in [0.25, 0.3) is 11.4 Å². The summed E-state index contributed by atoms with van der Waals surface area (Å²) in [6.07, 6.45) is 2.50. The van der Waals surface area contributed by atoms with Crippen LogP contribution in [0.2, 0.25) is 0 Å². The minimum atomic E-state index is -0.706.